The molecule has 0 unspecified atom stereocenters. The summed E-state index contributed by atoms with van der Waals surface area (Å²) in [5.41, 5.74) is 0.765. The Morgan fingerprint density at radius 2 is 1.89 bits per heavy atom. The number of carbonyl (C=O) groups is 1. The summed E-state index contributed by atoms with van der Waals surface area (Å²) in [6, 6.07) is 10.9. The van der Waals surface area contributed by atoms with Crippen molar-refractivity contribution in [1.82, 2.24) is 5.01 Å². The first-order chi connectivity index (χ1) is 17.9. The van der Waals surface area contributed by atoms with Gasteiger partial charge in [-0.25, -0.2) is 0 Å². The van der Waals surface area contributed by atoms with Crippen LogP contribution in [0, 0.1) is 15.5 Å². The molecule has 4 rings (SSSR count). The highest BCUT2D eigenvalue weighted by Crippen LogP contribution is 2.32. The van der Waals surface area contributed by atoms with E-state index in [1.807, 2.05) is 0 Å². The summed E-state index contributed by atoms with van der Waals surface area (Å²) >= 11 is 1.33. The number of nitrogens with zero attached hydrogens (tertiary/aromatic N) is 4. The normalized spacial score (nSPS) is 15.8. The lowest BCUT2D eigenvalue weighted by Gasteiger charge is -2.20. The first-order valence-electron chi connectivity index (χ1n) is 11.6. The number of hydrogen-bond donors (Lipinski definition) is 1. The molecule has 11 nitrogen and oxygen atoms in total. The highest BCUT2D eigenvalue weighted by molar-refractivity contribution is 8.26. The van der Waals surface area contributed by atoms with Gasteiger partial charge in [0.1, 0.15) is 24.0 Å². The molecule has 0 spiro atoms. The van der Waals surface area contributed by atoms with Crippen molar-refractivity contribution in [3.63, 3.8) is 0 Å². The number of carbonyl (C=O) groups excluding carboxylic acids is 1. The van der Waals surface area contributed by atoms with Crippen LogP contribution in [0.4, 0.5) is 5.69 Å². The van der Waals surface area contributed by atoms with Crippen molar-refractivity contribution in [2.45, 2.75) is 26.2 Å². The van der Waals surface area contributed by atoms with E-state index in [1.165, 1.54) is 48.1 Å². The van der Waals surface area contributed by atoms with Gasteiger partial charge in [-0.05, 0) is 60.5 Å². The molecule has 0 radical (unpaired) electrons. The average Bonchev–Trinajstić information content (AvgIpc) is 3.31. The van der Waals surface area contributed by atoms with E-state index in [4.69, 9.17) is 19.6 Å². The predicted molar refractivity (Wildman–Crippen MR) is 142 cm³/mol. The molecule has 0 fully saturated rings. The summed E-state index contributed by atoms with van der Waals surface area (Å²) in [5, 5.41) is 26.4. The van der Waals surface area contributed by atoms with Crippen molar-refractivity contribution in [3.8, 4) is 17.2 Å². The van der Waals surface area contributed by atoms with Gasteiger partial charge in [0.05, 0.1) is 17.6 Å². The van der Waals surface area contributed by atoms with Crippen LogP contribution < -0.4 is 14.2 Å². The molecule has 0 saturated heterocycles. The second-order valence-electron chi connectivity index (χ2n) is 7.98. The van der Waals surface area contributed by atoms with Crippen LogP contribution in [0.25, 0.3) is 6.08 Å². The third kappa shape index (κ3) is 6.15. The molecule has 2 heterocycles. The van der Waals surface area contributed by atoms with Gasteiger partial charge in [0.25, 0.3) is 11.6 Å². The summed E-state index contributed by atoms with van der Waals surface area (Å²) < 4.78 is 16.8. The van der Waals surface area contributed by atoms with Crippen LogP contribution in [-0.4, -0.2) is 52.2 Å². The Kier molecular flexibility index (Phi) is 8.18. The standard InChI is InChI=1S/C25H25N5O6S/c1-3-4-5-22-28-29-23(26)19(24(31)27-25(29)37-22)14-16-6-11-20(21(15-16)34-2)36-13-12-35-18-9-7-17(8-10-18)30(32)33/h6-11,14-15,26H,3-5,12-13H2,1-2H3. The lowest BCUT2D eigenvalue weighted by molar-refractivity contribution is -0.384. The maximum Gasteiger partial charge on any atom is 0.283 e. The topological polar surface area (TPSA) is 140 Å². The van der Waals surface area contributed by atoms with Crippen molar-refractivity contribution in [2.24, 2.45) is 10.1 Å². The highest BCUT2D eigenvalue weighted by Gasteiger charge is 2.35. The zero-order valence-electron chi connectivity index (χ0n) is 20.3. The number of thioether (sulfide) groups is 1. The molecule has 2 aliphatic rings. The smallest absolute Gasteiger partial charge is 0.283 e. The largest absolute Gasteiger partial charge is 0.493 e. The Morgan fingerprint density at radius 3 is 2.59 bits per heavy atom. The minimum atomic E-state index is -0.488. The monoisotopic (exact) mass is 523 g/mol. The maximum atomic E-state index is 12.6. The SMILES string of the molecule is CCCCC1=NN2C(=N)C(=Cc3ccc(OCCOc4ccc([N+](=O)[O-])cc4)c(OC)c3)C(=O)N=C2S1. The Morgan fingerprint density at radius 1 is 1.14 bits per heavy atom. The number of non-ortho nitro benzene ring substituents is 1. The maximum absolute atomic E-state index is 12.6. The number of benzene rings is 2. The Bertz CT molecular complexity index is 1310. The number of hydrazone groups is 1. The fourth-order valence-electron chi connectivity index (χ4n) is 3.50. The molecule has 37 heavy (non-hydrogen) atoms. The quantitative estimate of drug-likeness (QED) is 0.190. The minimum Gasteiger partial charge on any atom is -0.493 e. The number of nitro benzene ring substituents is 1. The van der Waals surface area contributed by atoms with Crippen LogP contribution in [0.15, 0.2) is 58.1 Å². The summed E-state index contributed by atoms with van der Waals surface area (Å²) in [7, 11) is 1.50. The van der Waals surface area contributed by atoms with Gasteiger partial charge in [-0.1, -0.05) is 19.4 Å². The lowest BCUT2D eigenvalue weighted by atomic mass is 10.1. The second kappa shape index (κ2) is 11.7. The van der Waals surface area contributed by atoms with Crippen LogP contribution in [0.5, 0.6) is 17.2 Å². The molecular weight excluding hydrogens is 498 g/mol. The van der Waals surface area contributed by atoms with E-state index in [2.05, 4.69) is 17.0 Å². The van der Waals surface area contributed by atoms with Crippen molar-refractivity contribution in [3.05, 3.63) is 63.7 Å². The van der Waals surface area contributed by atoms with Gasteiger partial charge in [-0.15, -0.1) is 0 Å². The Labute approximate surface area is 217 Å². The lowest BCUT2D eigenvalue weighted by Crippen LogP contribution is -2.35. The molecule has 2 aromatic carbocycles. The molecule has 0 atom stereocenters. The highest BCUT2D eigenvalue weighted by atomic mass is 32.2. The van der Waals surface area contributed by atoms with Crippen molar-refractivity contribution in [2.75, 3.05) is 20.3 Å². The van der Waals surface area contributed by atoms with Gasteiger partial charge in [0.15, 0.2) is 17.3 Å². The molecule has 2 aromatic rings. The molecule has 12 heteroatoms. The van der Waals surface area contributed by atoms with Crippen LogP contribution in [0.2, 0.25) is 0 Å². The number of rotatable bonds is 11. The van der Waals surface area contributed by atoms with E-state index in [0.717, 1.165) is 24.3 Å². The minimum absolute atomic E-state index is 0.00975. The van der Waals surface area contributed by atoms with Gasteiger partial charge in [-0.3, -0.25) is 20.3 Å². The van der Waals surface area contributed by atoms with E-state index in [9.17, 15) is 14.9 Å². The number of nitro groups is 1. The number of methoxy groups -OCH3 is 1. The van der Waals surface area contributed by atoms with Gasteiger partial charge < -0.3 is 14.2 Å². The summed E-state index contributed by atoms with van der Waals surface area (Å²) in [6.07, 6.45) is 4.38. The number of unbranched alkanes of at least 4 members (excludes halogenated alkanes) is 1. The number of aliphatic imine (C=N–C) groups is 1. The van der Waals surface area contributed by atoms with Crippen molar-refractivity contribution < 1.29 is 23.9 Å². The first-order valence-corrected chi connectivity index (χ1v) is 12.4. The molecule has 0 saturated carbocycles. The van der Waals surface area contributed by atoms with E-state index in [1.54, 1.807) is 24.3 Å². The average molecular weight is 524 g/mol. The Hall–Kier alpha value is -4.19. The van der Waals surface area contributed by atoms with E-state index in [0.29, 0.717) is 28.0 Å². The summed E-state index contributed by atoms with van der Waals surface area (Å²) in [6.45, 7) is 2.52. The van der Waals surface area contributed by atoms with Crippen LogP contribution in [0.1, 0.15) is 31.7 Å². The molecule has 192 valence electrons. The summed E-state index contributed by atoms with van der Waals surface area (Å²) in [5.74, 6) is 0.908. The number of hydrogen-bond acceptors (Lipinski definition) is 9. The molecule has 1 amide bonds. The number of amides is 1. The zero-order valence-corrected chi connectivity index (χ0v) is 21.1. The zero-order chi connectivity index (χ0) is 26.4. The fourth-order valence-corrected chi connectivity index (χ4v) is 4.42. The van der Waals surface area contributed by atoms with Crippen LogP contribution in [0.3, 0.4) is 0 Å². The number of ether oxygens (including phenoxy) is 3. The molecule has 0 bridgehead atoms. The van der Waals surface area contributed by atoms with Crippen LogP contribution in [-0.2, 0) is 4.79 Å². The predicted octanol–water partition coefficient (Wildman–Crippen LogP) is 4.87. The van der Waals surface area contributed by atoms with Gasteiger partial charge in [-0.2, -0.15) is 15.1 Å². The number of fused-ring (bicyclic) bond motifs is 1. The van der Waals surface area contributed by atoms with Gasteiger partial charge in [0, 0.05) is 12.1 Å². The van der Waals surface area contributed by atoms with Crippen molar-refractivity contribution >= 4 is 45.5 Å². The molecule has 1 N–H and O–H groups in total. The van der Waals surface area contributed by atoms with E-state index >= 15 is 0 Å². The number of nitrogens with one attached hydrogen (secondary N) is 1. The molecule has 0 aromatic heterocycles. The van der Waals surface area contributed by atoms with Crippen molar-refractivity contribution in [1.29, 1.82) is 5.41 Å². The summed E-state index contributed by atoms with van der Waals surface area (Å²) in [4.78, 5) is 27.0. The van der Waals surface area contributed by atoms with Gasteiger partial charge in [0.2, 0.25) is 5.17 Å². The Balaban J connectivity index is 1.39. The fraction of sp³-hybridized carbons (Fsp3) is 0.280. The molecule has 0 aliphatic carbocycles. The first kappa shape index (κ1) is 25.9. The third-order valence-corrected chi connectivity index (χ3v) is 6.36. The molecular formula is C25H25N5O6S. The third-order valence-electron chi connectivity index (χ3n) is 5.40. The van der Waals surface area contributed by atoms with E-state index < -0.39 is 10.8 Å². The van der Waals surface area contributed by atoms with Gasteiger partial charge >= 0.3 is 0 Å². The second-order valence-corrected chi connectivity index (χ2v) is 9.02. The molecule has 2 aliphatic heterocycles. The van der Waals surface area contributed by atoms with Crippen LogP contribution >= 0.6 is 11.8 Å². The van der Waals surface area contributed by atoms with E-state index in [-0.39, 0.29) is 30.3 Å². The number of amidine groups is 2.